The maximum absolute atomic E-state index is 12.3. The second-order valence-corrected chi connectivity index (χ2v) is 7.95. The average molecular weight is 317 g/mol. The molecular weight excluding hydrogens is 294 g/mol. The van der Waals surface area contributed by atoms with Crippen LogP contribution < -0.4 is 4.72 Å². The van der Waals surface area contributed by atoms with Crippen LogP contribution in [-0.4, -0.2) is 31.6 Å². The zero-order valence-corrected chi connectivity index (χ0v) is 14.1. The van der Waals surface area contributed by atoms with Gasteiger partial charge in [0.2, 0.25) is 10.0 Å². The molecule has 1 aromatic carbocycles. The van der Waals surface area contributed by atoms with E-state index in [-0.39, 0.29) is 11.5 Å². The lowest BCUT2D eigenvalue weighted by Crippen LogP contribution is -2.27. The quantitative estimate of drug-likeness (QED) is 0.809. The fourth-order valence-corrected chi connectivity index (χ4v) is 3.60. The van der Waals surface area contributed by atoms with Gasteiger partial charge in [0.25, 0.3) is 0 Å². The van der Waals surface area contributed by atoms with Crippen LogP contribution >= 0.6 is 11.8 Å². The van der Waals surface area contributed by atoms with Crippen LogP contribution in [0.1, 0.15) is 30.0 Å². The first-order valence-electron chi connectivity index (χ1n) is 6.55. The molecule has 1 aromatic rings. The Balaban J connectivity index is 2.92. The van der Waals surface area contributed by atoms with E-state index in [0.717, 1.165) is 12.0 Å². The van der Waals surface area contributed by atoms with Gasteiger partial charge < -0.3 is 5.11 Å². The van der Waals surface area contributed by atoms with Crippen molar-refractivity contribution in [1.29, 1.82) is 0 Å². The number of nitrogens with one attached hydrogen (secondary N) is 1. The van der Waals surface area contributed by atoms with Crippen molar-refractivity contribution in [2.45, 2.75) is 43.9 Å². The molecule has 0 radical (unpaired) electrons. The highest BCUT2D eigenvalue weighted by Gasteiger charge is 2.18. The van der Waals surface area contributed by atoms with Gasteiger partial charge in [0.1, 0.15) is 0 Å². The zero-order valence-electron chi connectivity index (χ0n) is 12.4. The normalized spacial score (nSPS) is 13.4. The van der Waals surface area contributed by atoms with Gasteiger partial charge in [0.15, 0.2) is 0 Å². The predicted octanol–water partition coefficient (Wildman–Crippen LogP) is 2.22. The first-order chi connectivity index (χ1) is 9.31. The van der Waals surface area contributed by atoms with Crippen molar-refractivity contribution in [2.75, 3.05) is 12.8 Å². The molecule has 0 spiro atoms. The minimum atomic E-state index is -3.51. The van der Waals surface area contributed by atoms with E-state index >= 15 is 0 Å². The van der Waals surface area contributed by atoms with Crippen molar-refractivity contribution in [3.8, 4) is 0 Å². The van der Waals surface area contributed by atoms with Crippen molar-refractivity contribution in [3.05, 3.63) is 28.8 Å². The monoisotopic (exact) mass is 317 g/mol. The topological polar surface area (TPSA) is 66.4 Å². The van der Waals surface area contributed by atoms with Crippen LogP contribution in [0.4, 0.5) is 0 Å². The maximum atomic E-state index is 12.3. The van der Waals surface area contributed by atoms with E-state index in [1.54, 1.807) is 30.8 Å². The lowest BCUT2D eigenvalue weighted by molar-refractivity contribution is 0.280. The molecule has 0 saturated heterocycles. The van der Waals surface area contributed by atoms with Gasteiger partial charge in [-0.15, -0.1) is 0 Å². The molecule has 0 aliphatic heterocycles. The molecule has 114 valence electrons. The Morgan fingerprint density at radius 2 is 1.95 bits per heavy atom. The number of aryl methyl sites for hydroxylation is 2. The Kier molecular flexibility index (Phi) is 6.51. The van der Waals surface area contributed by atoms with Crippen LogP contribution in [0.25, 0.3) is 0 Å². The third-order valence-corrected chi connectivity index (χ3v) is 5.98. The molecule has 0 amide bonds. The van der Waals surface area contributed by atoms with Gasteiger partial charge in [0.05, 0.1) is 11.5 Å². The number of aliphatic hydroxyl groups is 1. The highest BCUT2D eigenvalue weighted by atomic mass is 32.2. The van der Waals surface area contributed by atoms with E-state index in [9.17, 15) is 13.5 Å². The molecule has 0 heterocycles. The second kappa shape index (κ2) is 7.45. The fourth-order valence-electron chi connectivity index (χ4n) is 1.93. The minimum absolute atomic E-state index is 0.155. The van der Waals surface area contributed by atoms with Crippen LogP contribution in [0.5, 0.6) is 0 Å². The summed E-state index contributed by atoms with van der Waals surface area (Å²) in [6.45, 7) is 5.97. The summed E-state index contributed by atoms with van der Waals surface area (Å²) in [5.74, 6) is 0. The van der Waals surface area contributed by atoms with Crippen LogP contribution in [0.15, 0.2) is 17.0 Å². The molecule has 0 bridgehead atoms. The summed E-state index contributed by atoms with van der Waals surface area (Å²) in [5, 5.41) is 9.68. The molecule has 2 N–H and O–H groups in total. The van der Waals surface area contributed by atoms with Gasteiger partial charge in [-0.3, -0.25) is 0 Å². The number of rotatable bonds is 7. The second-order valence-electron chi connectivity index (χ2n) is 4.94. The summed E-state index contributed by atoms with van der Waals surface area (Å²) in [7, 11) is -3.51. The Morgan fingerprint density at radius 3 is 2.50 bits per heavy atom. The molecule has 1 atom stereocenters. The first-order valence-corrected chi connectivity index (χ1v) is 9.32. The van der Waals surface area contributed by atoms with E-state index < -0.39 is 10.0 Å². The Hall–Kier alpha value is -0.560. The fraction of sp³-hybridized carbons (Fsp3) is 0.571. The average Bonchev–Trinajstić information content (AvgIpc) is 2.38. The van der Waals surface area contributed by atoms with Crippen molar-refractivity contribution in [1.82, 2.24) is 4.72 Å². The Labute approximate surface area is 126 Å². The highest BCUT2D eigenvalue weighted by Crippen LogP contribution is 2.20. The molecule has 0 aromatic heterocycles. The van der Waals surface area contributed by atoms with Gasteiger partial charge in [-0.2, -0.15) is 11.8 Å². The zero-order chi connectivity index (χ0) is 15.3. The number of benzene rings is 1. The van der Waals surface area contributed by atoms with Gasteiger partial charge in [-0.1, -0.05) is 13.0 Å². The van der Waals surface area contributed by atoms with E-state index in [1.807, 2.05) is 13.2 Å². The van der Waals surface area contributed by atoms with E-state index in [2.05, 4.69) is 11.6 Å². The van der Waals surface area contributed by atoms with Gasteiger partial charge in [0, 0.05) is 11.8 Å². The summed E-state index contributed by atoms with van der Waals surface area (Å²) in [6, 6.07) is 3.36. The maximum Gasteiger partial charge on any atom is 0.240 e. The first kappa shape index (κ1) is 17.5. The summed E-state index contributed by atoms with van der Waals surface area (Å²) < 4.78 is 27.2. The number of hydrogen-bond donors (Lipinski definition) is 2. The standard InChI is InChI=1S/C14H23NO3S2/c1-10-7-11(2)14(8-13(10)9-16)20(17,18)15-6-5-12(3)19-4/h7-8,12,15-16H,5-6,9H2,1-4H3. The van der Waals surface area contributed by atoms with E-state index in [0.29, 0.717) is 22.9 Å². The van der Waals surface area contributed by atoms with E-state index in [1.165, 1.54) is 0 Å². The number of hydrogen-bond acceptors (Lipinski definition) is 4. The molecule has 1 unspecified atom stereocenters. The number of thioether (sulfide) groups is 1. The van der Waals surface area contributed by atoms with Crippen molar-refractivity contribution < 1.29 is 13.5 Å². The summed E-state index contributed by atoms with van der Waals surface area (Å²) in [5.41, 5.74) is 2.25. The highest BCUT2D eigenvalue weighted by molar-refractivity contribution is 7.99. The molecule has 0 saturated carbocycles. The molecule has 4 nitrogen and oxygen atoms in total. The largest absolute Gasteiger partial charge is 0.392 e. The minimum Gasteiger partial charge on any atom is -0.392 e. The summed E-state index contributed by atoms with van der Waals surface area (Å²) in [4.78, 5) is 0.254. The third-order valence-electron chi connectivity index (χ3n) is 3.34. The summed E-state index contributed by atoms with van der Waals surface area (Å²) in [6.07, 6.45) is 2.80. The molecule has 0 aliphatic rings. The summed E-state index contributed by atoms with van der Waals surface area (Å²) >= 11 is 1.71. The molecule has 20 heavy (non-hydrogen) atoms. The van der Waals surface area contributed by atoms with E-state index in [4.69, 9.17) is 0 Å². The lowest BCUT2D eigenvalue weighted by atomic mass is 10.1. The smallest absolute Gasteiger partial charge is 0.240 e. The predicted molar refractivity (Wildman–Crippen MR) is 84.6 cm³/mol. The molecule has 0 fully saturated rings. The van der Waals surface area contributed by atoms with Crippen LogP contribution in [0.2, 0.25) is 0 Å². The third kappa shape index (κ3) is 4.48. The van der Waals surface area contributed by atoms with Crippen molar-refractivity contribution >= 4 is 21.8 Å². The number of sulfonamides is 1. The van der Waals surface area contributed by atoms with Crippen LogP contribution in [0, 0.1) is 13.8 Å². The van der Waals surface area contributed by atoms with Crippen LogP contribution in [0.3, 0.4) is 0 Å². The molecule has 1 rings (SSSR count). The molecule has 6 heteroatoms. The Morgan fingerprint density at radius 1 is 1.30 bits per heavy atom. The molecular formula is C14H23NO3S2. The van der Waals surface area contributed by atoms with Gasteiger partial charge >= 0.3 is 0 Å². The SMILES string of the molecule is CSC(C)CCNS(=O)(=O)c1cc(CO)c(C)cc1C. The lowest BCUT2D eigenvalue weighted by Gasteiger charge is -2.13. The van der Waals surface area contributed by atoms with Gasteiger partial charge in [-0.05, 0) is 49.3 Å². The van der Waals surface area contributed by atoms with Crippen molar-refractivity contribution in [2.24, 2.45) is 0 Å². The van der Waals surface area contributed by atoms with Gasteiger partial charge in [-0.25, -0.2) is 13.1 Å². The van der Waals surface area contributed by atoms with Crippen LogP contribution in [-0.2, 0) is 16.6 Å². The Bertz CT molecular complexity index is 556. The molecule has 0 aliphatic carbocycles. The van der Waals surface area contributed by atoms with Crippen molar-refractivity contribution in [3.63, 3.8) is 0 Å². The number of aliphatic hydroxyl groups excluding tert-OH is 1.